The standard InChI is InChI=1S/C16H13F4N3O2S/c1-3-23(26(24,25)14-6-4-5-13(21-2)22-14)15(16(18,19)20)11-7-9-12(17)10-8-11/h4-10,15H,3H2,1H3. The van der Waals surface area contributed by atoms with Gasteiger partial charge in [0.1, 0.15) is 11.9 Å². The molecule has 2 rings (SSSR count). The lowest BCUT2D eigenvalue weighted by atomic mass is 10.1. The highest BCUT2D eigenvalue weighted by atomic mass is 32.2. The molecule has 0 N–H and O–H groups in total. The Hall–Kier alpha value is -2.51. The first kappa shape index (κ1) is 19.8. The first-order valence-corrected chi connectivity index (χ1v) is 8.73. The van der Waals surface area contributed by atoms with Gasteiger partial charge < -0.3 is 4.85 Å². The second-order valence-corrected chi connectivity index (χ2v) is 6.99. The average Bonchev–Trinajstić information content (AvgIpc) is 2.59. The van der Waals surface area contributed by atoms with E-state index in [1.807, 2.05) is 0 Å². The maximum atomic E-state index is 13.7. The monoisotopic (exact) mass is 387 g/mol. The van der Waals surface area contributed by atoms with Gasteiger partial charge in [-0.3, -0.25) is 0 Å². The molecule has 1 unspecified atom stereocenters. The van der Waals surface area contributed by atoms with E-state index in [0.29, 0.717) is 0 Å². The van der Waals surface area contributed by atoms with Gasteiger partial charge in [0.25, 0.3) is 20.9 Å². The summed E-state index contributed by atoms with van der Waals surface area (Å²) in [5, 5.41) is -0.663. The summed E-state index contributed by atoms with van der Waals surface area (Å²) in [6.45, 7) is 7.62. The van der Waals surface area contributed by atoms with Gasteiger partial charge in [0, 0.05) is 6.54 Å². The van der Waals surface area contributed by atoms with Gasteiger partial charge in [-0.25, -0.2) is 12.8 Å². The normalized spacial score (nSPS) is 13.4. The minimum atomic E-state index is -4.95. The van der Waals surface area contributed by atoms with Crippen molar-refractivity contribution in [2.24, 2.45) is 0 Å². The number of rotatable bonds is 5. The van der Waals surface area contributed by atoms with E-state index in [9.17, 15) is 26.0 Å². The number of halogens is 4. The van der Waals surface area contributed by atoms with Crippen molar-refractivity contribution in [3.63, 3.8) is 0 Å². The summed E-state index contributed by atoms with van der Waals surface area (Å²) in [7, 11) is -4.66. The fourth-order valence-corrected chi connectivity index (χ4v) is 3.94. The second kappa shape index (κ2) is 7.39. The van der Waals surface area contributed by atoms with Gasteiger partial charge in [-0.05, 0) is 29.8 Å². The second-order valence-electron chi connectivity index (χ2n) is 5.15. The molecule has 0 aliphatic heterocycles. The Bertz CT molecular complexity index is 922. The minimum Gasteiger partial charge on any atom is -0.361 e. The van der Waals surface area contributed by atoms with Crippen LogP contribution in [0, 0.1) is 12.4 Å². The van der Waals surface area contributed by atoms with Gasteiger partial charge >= 0.3 is 6.18 Å². The first-order valence-electron chi connectivity index (χ1n) is 7.29. The molecule has 0 spiro atoms. The third kappa shape index (κ3) is 4.00. The van der Waals surface area contributed by atoms with Gasteiger partial charge in [0.2, 0.25) is 0 Å². The van der Waals surface area contributed by atoms with Crippen LogP contribution in [-0.4, -0.2) is 30.4 Å². The minimum absolute atomic E-state index is 0.232. The van der Waals surface area contributed by atoms with Crippen LogP contribution in [0.5, 0.6) is 0 Å². The number of hydrogen-bond donors (Lipinski definition) is 0. The van der Waals surface area contributed by atoms with E-state index in [0.717, 1.165) is 30.3 Å². The highest BCUT2D eigenvalue weighted by molar-refractivity contribution is 7.89. The van der Waals surface area contributed by atoms with Crippen LogP contribution in [0.2, 0.25) is 0 Å². The molecule has 5 nitrogen and oxygen atoms in total. The number of hydrogen-bond acceptors (Lipinski definition) is 3. The van der Waals surface area contributed by atoms with Gasteiger partial charge in [-0.2, -0.15) is 17.5 Å². The number of nitrogens with zero attached hydrogens (tertiary/aromatic N) is 3. The number of pyridine rings is 1. The molecule has 1 heterocycles. The van der Waals surface area contributed by atoms with E-state index in [1.165, 1.54) is 19.1 Å². The maximum Gasteiger partial charge on any atom is 0.409 e. The molecule has 1 aromatic carbocycles. The summed E-state index contributed by atoms with van der Waals surface area (Å²) in [6.07, 6.45) is -4.95. The summed E-state index contributed by atoms with van der Waals surface area (Å²) in [6, 6.07) is 4.38. The number of benzene rings is 1. The quantitative estimate of drug-likeness (QED) is 0.574. The Morgan fingerprint density at radius 1 is 1.19 bits per heavy atom. The molecule has 0 amide bonds. The molecule has 2 aromatic rings. The van der Waals surface area contributed by atoms with Crippen molar-refractivity contribution in [1.29, 1.82) is 0 Å². The van der Waals surface area contributed by atoms with Crippen molar-refractivity contribution in [2.75, 3.05) is 6.54 Å². The Morgan fingerprint density at radius 3 is 2.31 bits per heavy atom. The van der Waals surface area contributed by atoms with Gasteiger partial charge in [-0.15, -0.1) is 4.98 Å². The summed E-state index contributed by atoms with van der Waals surface area (Å²) in [5.41, 5.74) is -0.425. The number of aromatic nitrogens is 1. The molecule has 0 aliphatic rings. The summed E-state index contributed by atoms with van der Waals surface area (Å²) < 4.78 is 79.8. The largest absolute Gasteiger partial charge is 0.409 e. The molecular weight excluding hydrogens is 374 g/mol. The SMILES string of the molecule is [C-]#[N+]c1cccc(S(=O)(=O)N(CC)C(c2ccc(F)cc2)C(F)(F)F)n1. The lowest BCUT2D eigenvalue weighted by molar-refractivity contribution is -0.173. The Kier molecular flexibility index (Phi) is 5.63. The fraction of sp³-hybridized carbons (Fsp3) is 0.250. The summed E-state index contributed by atoms with van der Waals surface area (Å²) in [4.78, 5) is 6.58. The Morgan fingerprint density at radius 2 is 1.81 bits per heavy atom. The van der Waals surface area contributed by atoms with Crippen molar-refractivity contribution in [3.8, 4) is 0 Å². The number of alkyl halides is 3. The number of sulfonamides is 1. The van der Waals surface area contributed by atoms with Crippen molar-refractivity contribution in [3.05, 3.63) is 65.3 Å². The van der Waals surface area contributed by atoms with Crippen LogP contribution in [0.25, 0.3) is 4.85 Å². The van der Waals surface area contributed by atoms with Crippen molar-refractivity contribution >= 4 is 15.8 Å². The van der Waals surface area contributed by atoms with E-state index < -0.39 is 45.2 Å². The predicted octanol–water partition coefficient (Wildman–Crippen LogP) is 4.09. The third-order valence-electron chi connectivity index (χ3n) is 3.49. The molecule has 0 fully saturated rings. The Balaban J connectivity index is 2.60. The Labute approximate surface area is 147 Å². The smallest absolute Gasteiger partial charge is 0.361 e. The molecule has 0 aliphatic carbocycles. The highest BCUT2D eigenvalue weighted by Gasteiger charge is 2.49. The van der Waals surface area contributed by atoms with Gasteiger partial charge in [0.05, 0.1) is 0 Å². The third-order valence-corrected chi connectivity index (χ3v) is 5.33. The molecule has 0 radical (unpaired) electrons. The van der Waals surface area contributed by atoms with Crippen LogP contribution >= 0.6 is 0 Å². The van der Waals surface area contributed by atoms with Crippen molar-refractivity contribution < 1.29 is 26.0 Å². The molecule has 138 valence electrons. The summed E-state index contributed by atoms with van der Waals surface area (Å²) >= 11 is 0. The highest BCUT2D eigenvalue weighted by Crippen LogP contribution is 2.40. The summed E-state index contributed by atoms with van der Waals surface area (Å²) in [5.74, 6) is -1.00. The van der Waals surface area contributed by atoms with Crippen LogP contribution in [0.1, 0.15) is 18.5 Å². The van der Waals surface area contributed by atoms with Gasteiger partial charge in [-0.1, -0.05) is 31.7 Å². The molecule has 0 saturated carbocycles. The molecule has 10 heteroatoms. The molecule has 0 bridgehead atoms. The molecule has 26 heavy (non-hydrogen) atoms. The predicted molar refractivity (Wildman–Crippen MR) is 85.3 cm³/mol. The zero-order valence-electron chi connectivity index (χ0n) is 13.4. The van der Waals surface area contributed by atoms with Crippen molar-refractivity contribution in [1.82, 2.24) is 9.29 Å². The topological polar surface area (TPSA) is 54.6 Å². The van der Waals surface area contributed by atoms with Crippen LogP contribution in [0.3, 0.4) is 0 Å². The zero-order valence-corrected chi connectivity index (χ0v) is 14.2. The maximum absolute atomic E-state index is 13.7. The average molecular weight is 387 g/mol. The van der Waals surface area contributed by atoms with Crippen LogP contribution in [0.4, 0.5) is 23.4 Å². The van der Waals surface area contributed by atoms with Crippen LogP contribution < -0.4 is 0 Å². The van der Waals surface area contributed by atoms with Crippen molar-refractivity contribution in [2.45, 2.75) is 24.2 Å². The lowest BCUT2D eigenvalue weighted by Gasteiger charge is -2.30. The molecule has 1 atom stereocenters. The van der Waals surface area contributed by atoms with E-state index in [2.05, 4.69) is 9.83 Å². The van der Waals surface area contributed by atoms with E-state index in [1.54, 1.807) is 0 Å². The molecular formula is C16H13F4N3O2S. The zero-order chi connectivity index (χ0) is 19.5. The molecule has 0 saturated heterocycles. The van der Waals surface area contributed by atoms with E-state index in [-0.39, 0.29) is 10.1 Å². The van der Waals surface area contributed by atoms with E-state index in [4.69, 9.17) is 6.57 Å². The fourth-order valence-electron chi connectivity index (χ4n) is 2.38. The van der Waals surface area contributed by atoms with Gasteiger partial charge in [0.15, 0.2) is 0 Å². The van der Waals surface area contributed by atoms with Crippen LogP contribution in [-0.2, 0) is 10.0 Å². The lowest BCUT2D eigenvalue weighted by Crippen LogP contribution is -2.42. The van der Waals surface area contributed by atoms with E-state index >= 15 is 0 Å². The first-order chi connectivity index (χ1) is 12.1. The van der Waals surface area contributed by atoms with Crippen LogP contribution in [0.15, 0.2) is 47.5 Å². The molecule has 1 aromatic heterocycles.